The molecular formula is C4H10Ti. The molecule has 0 bridgehead atoms. The Balaban J connectivity index is 0. The predicted octanol–water partition coefficient (Wildman–Crippen LogP) is 1.66. The predicted molar refractivity (Wildman–Crippen MR) is 20.5 cm³/mol. The van der Waals surface area contributed by atoms with Crippen molar-refractivity contribution in [2.45, 2.75) is 20.8 Å². The first-order valence-corrected chi connectivity index (χ1v) is 1.73. The van der Waals surface area contributed by atoms with Crippen molar-refractivity contribution in [2.75, 3.05) is 0 Å². The molecule has 30 valence electrons. The van der Waals surface area contributed by atoms with Gasteiger partial charge in [-0.1, -0.05) is 20.8 Å². The molecule has 0 rings (SSSR count). The normalized spacial score (nSPS) is 7.20. The Morgan fingerprint density at radius 1 is 1.00 bits per heavy atom. The van der Waals surface area contributed by atoms with E-state index >= 15 is 0 Å². The molecule has 0 radical (unpaired) electrons. The molecule has 0 saturated carbocycles. The van der Waals surface area contributed by atoms with Crippen LogP contribution in [0.1, 0.15) is 20.8 Å². The van der Waals surface area contributed by atoms with Gasteiger partial charge in [0.05, 0.1) is 0 Å². The monoisotopic (exact) mass is 106 g/mol. The van der Waals surface area contributed by atoms with Crippen LogP contribution in [0.25, 0.3) is 0 Å². The van der Waals surface area contributed by atoms with Gasteiger partial charge in [0.15, 0.2) is 0 Å². The Morgan fingerprint density at radius 3 is 1.00 bits per heavy atom. The smallest absolute Gasteiger partial charge is 0 e. The third-order valence-corrected chi connectivity index (χ3v) is 0. The van der Waals surface area contributed by atoms with E-state index in [4.69, 9.17) is 0 Å². The molecule has 0 nitrogen and oxygen atoms in total. The van der Waals surface area contributed by atoms with Crippen molar-refractivity contribution in [3.8, 4) is 0 Å². The first kappa shape index (κ1) is 9.21. The van der Waals surface area contributed by atoms with Gasteiger partial charge in [-0.2, -0.15) is 0 Å². The molecule has 0 amide bonds. The molecule has 0 aromatic heterocycles. The van der Waals surface area contributed by atoms with Gasteiger partial charge in [0.25, 0.3) is 0 Å². The van der Waals surface area contributed by atoms with Gasteiger partial charge >= 0.3 is 0 Å². The van der Waals surface area contributed by atoms with Crippen LogP contribution in [-0.2, 0) is 21.7 Å². The van der Waals surface area contributed by atoms with E-state index in [9.17, 15) is 0 Å². The largest absolute Gasteiger partial charge is 0.0630 e. The maximum Gasteiger partial charge on any atom is 0 e. The van der Waals surface area contributed by atoms with E-state index in [2.05, 4.69) is 20.8 Å². The quantitative estimate of drug-likeness (QED) is 0.412. The summed E-state index contributed by atoms with van der Waals surface area (Å²) in [6, 6.07) is 0. The number of hydrogen-bond donors (Lipinski definition) is 0. The Kier molecular flexibility index (Phi) is 8.68. The van der Waals surface area contributed by atoms with Gasteiger partial charge < -0.3 is 0 Å². The van der Waals surface area contributed by atoms with Crippen molar-refractivity contribution in [3.63, 3.8) is 0 Å². The molecule has 0 aromatic carbocycles. The van der Waals surface area contributed by atoms with Crippen molar-refractivity contribution in [3.05, 3.63) is 0 Å². The fourth-order valence-electron chi connectivity index (χ4n) is 0. The van der Waals surface area contributed by atoms with Gasteiger partial charge in [-0.15, -0.1) is 0 Å². The van der Waals surface area contributed by atoms with Gasteiger partial charge in [0.2, 0.25) is 0 Å². The van der Waals surface area contributed by atoms with Crippen LogP contribution >= 0.6 is 0 Å². The fourth-order valence-corrected chi connectivity index (χ4v) is 0. The first-order valence-electron chi connectivity index (χ1n) is 1.73. The van der Waals surface area contributed by atoms with E-state index in [1.54, 1.807) is 0 Å². The van der Waals surface area contributed by atoms with Crippen LogP contribution in [0.2, 0.25) is 0 Å². The second-order valence-electron chi connectivity index (χ2n) is 1.73. The van der Waals surface area contributed by atoms with Crippen LogP contribution < -0.4 is 0 Å². The maximum absolute atomic E-state index is 2.17. The van der Waals surface area contributed by atoms with Gasteiger partial charge in [-0.05, 0) is 5.92 Å². The van der Waals surface area contributed by atoms with Crippen molar-refractivity contribution >= 4 is 0 Å². The SMILES string of the molecule is CC(C)C.[Ti]. The Labute approximate surface area is 48.8 Å². The van der Waals surface area contributed by atoms with Crippen LogP contribution in [0.3, 0.4) is 0 Å². The summed E-state index contributed by atoms with van der Waals surface area (Å²) in [5, 5.41) is 0. The molecule has 0 atom stereocenters. The molecule has 0 saturated heterocycles. The molecule has 0 N–H and O–H groups in total. The van der Waals surface area contributed by atoms with Gasteiger partial charge in [-0.25, -0.2) is 0 Å². The second kappa shape index (κ2) is 4.71. The topological polar surface area (TPSA) is 0 Å². The third-order valence-electron chi connectivity index (χ3n) is 0. The Hall–Kier alpha value is 0.714. The van der Waals surface area contributed by atoms with Gasteiger partial charge in [0.1, 0.15) is 0 Å². The zero-order valence-corrected chi connectivity index (χ0v) is 5.64. The van der Waals surface area contributed by atoms with Crippen LogP contribution in [0.4, 0.5) is 0 Å². The van der Waals surface area contributed by atoms with Gasteiger partial charge in [-0.3, -0.25) is 0 Å². The molecule has 0 heterocycles. The summed E-state index contributed by atoms with van der Waals surface area (Å²) in [5.41, 5.74) is 0. The van der Waals surface area contributed by atoms with Crippen LogP contribution in [0, 0.1) is 5.92 Å². The van der Waals surface area contributed by atoms with Crippen molar-refractivity contribution < 1.29 is 21.7 Å². The van der Waals surface area contributed by atoms with E-state index in [0.29, 0.717) is 0 Å². The molecule has 0 aliphatic rings. The summed E-state index contributed by atoms with van der Waals surface area (Å²) in [4.78, 5) is 0. The Bertz CT molecular complexity index is 8.36. The number of hydrogen-bond acceptors (Lipinski definition) is 0. The average molecular weight is 106 g/mol. The van der Waals surface area contributed by atoms with Crippen molar-refractivity contribution in [2.24, 2.45) is 5.92 Å². The summed E-state index contributed by atoms with van der Waals surface area (Å²) in [6.07, 6.45) is 0. The maximum atomic E-state index is 2.17. The minimum atomic E-state index is 0. The van der Waals surface area contributed by atoms with E-state index in [1.807, 2.05) is 0 Å². The van der Waals surface area contributed by atoms with Crippen molar-refractivity contribution in [1.29, 1.82) is 0 Å². The standard InChI is InChI=1S/C4H10.Ti/c1-4(2)3;/h4H,1-3H3;. The minimum absolute atomic E-state index is 0. The Morgan fingerprint density at radius 2 is 1.00 bits per heavy atom. The van der Waals surface area contributed by atoms with E-state index in [1.165, 1.54) is 0 Å². The van der Waals surface area contributed by atoms with E-state index < -0.39 is 0 Å². The summed E-state index contributed by atoms with van der Waals surface area (Å²) < 4.78 is 0. The summed E-state index contributed by atoms with van der Waals surface area (Å²) in [7, 11) is 0. The number of rotatable bonds is 0. The molecule has 0 aliphatic carbocycles. The zero-order valence-electron chi connectivity index (χ0n) is 4.08. The molecule has 0 fully saturated rings. The molecule has 0 aromatic rings. The summed E-state index contributed by atoms with van der Waals surface area (Å²) in [6.45, 7) is 6.50. The first-order chi connectivity index (χ1) is 1.73. The van der Waals surface area contributed by atoms with Crippen LogP contribution in [0.5, 0.6) is 0 Å². The third kappa shape index (κ3) is 68.1. The molecule has 0 aliphatic heterocycles. The van der Waals surface area contributed by atoms with Gasteiger partial charge in [0, 0.05) is 21.7 Å². The molecular weight excluding hydrogens is 95.9 g/mol. The minimum Gasteiger partial charge on any atom is -0.0630 e. The molecule has 0 spiro atoms. The zero-order chi connectivity index (χ0) is 3.58. The van der Waals surface area contributed by atoms with E-state index in [0.717, 1.165) is 5.92 Å². The molecule has 5 heavy (non-hydrogen) atoms. The molecule has 1 heteroatoms. The van der Waals surface area contributed by atoms with Crippen LogP contribution in [0.15, 0.2) is 0 Å². The van der Waals surface area contributed by atoms with E-state index in [-0.39, 0.29) is 21.7 Å². The second-order valence-corrected chi connectivity index (χ2v) is 1.73. The van der Waals surface area contributed by atoms with Crippen molar-refractivity contribution in [1.82, 2.24) is 0 Å². The summed E-state index contributed by atoms with van der Waals surface area (Å²) in [5.74, 6) is 0.833. The molecule has 0 unspecified atom stereocenters. The van der Waals surface area contributed by atoms with Crippen LogP contribution in [-0.4, -0.2) is 0 Å². The fraction of sp³-hybridized carbons (Fsp3) is 1.00. The summed E-state index contributed by atoms with van der Waals surface area (Å²) >= 11 is 0. The average Bonchev–Trinajstić information content (AvgIpc) is 0.811.